The van der Waals surface area contributed by atoms with Crippen LogP contribution in [0.3, 0.4) is 0 Å². The van der Waals surface area contributed by atoms with Gasteiger partial charge in [0.2, 0.25) is 0 Å². The van der Waals surface area contributed by atoms with Crippen molar-refractivity contribution in [1.29, 1.82) is 0 Å². The second-order valence-corrected chi connectivity index (χ2v) is 6.44. The maximum atomic E-state index is 12.5. The fraction of sp³-hybridized carbons (Fsp3) is 0.294. The monoisotopic (exact) mass is 303 g/mol. The lowest BCUT2D eigenvalue weighted by Gasteiger charge is -2.17. The molecule has 3 nitrogen and oxygen atoms in total. The predicted octanol–water partition coefficient (Wildman–Crippen LogP) is 3.07. The van der Waals surface area contributed by atoms with E-state index in [-0.39, 0.29) is 6.04 Å². The summed E-state index contributed by atoms with van der Waals surface area (Å²) in [4.78, 5) is 0.873. The first-order valence-electron chi connectivity index (χ1n) is 6.90. The largest absolute Gasteiger partial charge is 0.497 e. The predicted molar refractivity (Wildman–Crippen MR) is 87.2 cm³/mol. The quantitative estimate of drug-likeness (QED) is 0.891. The molecule has 2 unspecified atom stereocenters. The maximum absolute atomic E-state index is 12.5. The van der Waals surface area contributed by atoms with E-state index in [1.807, 2.05) is 62.5 Å². The van der Waals surface area contributed by atoms with Gasteiger partial charge in [-0.15, -0.1) is 0 Å². The van der Waals surface area contributed by atoms with E-state index in [0.29, 0.717) is 5.75 Å². The van der Waals surface area contributed by atoms with Gasteiger partial charge in [0.25, 0.3) is 0 Å². The van der Waals surface area contributed by atoms with Crippen LogP contribution in [0.4, 0.5) is 0 Å². The van der Waals surface area contributed by atoms with Crippen molar-refractivity contribution in [3.05, 3.63) is 59.7 Å². The molecule has 0 radical (unpaired) electrons. The summed E-state index contributed by atoms with van der Waals surface area (Å²) in [7, 11) is 2.50. The van der Waals surface area contributed by atoms with E-state index in [4.69, 9.17) is 4.74 Å². The van der Waals surface area contributed by atoms with Gasteiger partial charge in [0.1, 0.15) is 5.75 Å². The topological polar surface area (TPSA) is 38.3 Å². The first kappa shape index (κ1) is 15.7. The number of hydrogen-bond donors (Lipinski definition) is 1. The van der Waals surface area contributed by atoms with Crippen molar-refractivity contribution in [2.45, 2.75) is 17.9 Å². The third kappa shape index (κ3) is 4.16. The van der Waals surface area contributed by atoms with Gasteiger partial charge in [-0.1, -0.05) is 24.3 Å². The molecule has 0 fully saturated rings. The smallest absolute Gasteiger partial charge is 0.119 e. The van der Waals surface area contributed by atoms with E-state index in [0.717, 1.165) is 21.8 Å². The molecule has 2 rings (SSSR count). The summed E-state index contributed by atoms with van der Waals surface area (Å²) in [6.07, 6.45) is 0. The minimum absolute atomic E-state index is 0.0291. The van der Waals surface area contributed by atoms with E-state index in [1.54, 1.807) is 7.11 Å². The Morgan fingerprint density at radius 1 is 1.19 bits per heavy atom. The third-order valence-electron chi connectivity index (χ3n) is 3.42. The van der Waals surface area contributed by atoms with Gasteiger partial charge in [0.05, 0.1) is 17.9 Å². The molecule has 0 amide bonds. The molecule has 0 heterocycles. The van der Waals surface area contributed by atoms with Crippen molar-refractivity contribution >= 4 is 10.8 Å². The van der Waals surface area contributed by atoms with Gasteiger partial charge in [-0.3, -0.25) is 4.21 Å². The first-order valence-corrected chi connectivity index (χ1v) is 8.22. The first-order chi connectivity index (χ1) is 10.1. The average molecular weight is 303 g/mol. The minimum atomic E-state index is -1.04. The molecule has 0 aliphatic heterocycles. The van der Waals surface area contributed by atoms with Crippen molar-refractivity contribution in [1.82, 2.24) is 5.32 Å². The average Bonchev–Trinajstić information content (AvgIpc) is 2.52. The van der Waals surface area contributed by atoms with Gasteiger partial charge in [-0.2, -0.15) is 0 Å². The van der Waals surface area contributed by atoms with Crippen molar-refractivity contribution < 1.29 is 8.95 Å². The zero-order chi connectivity index (χ0) is 15.2. The zero-order valence-corrected chi connectivity index (χ0v) is 13.4. The lowest BCUT2D eigenvalue weighted by Crippen LogP contribution is -2.22. The van der Waals surface area contributed by atoms with Gasteiger partial charge < -0.3 is 10.1 Å². The number of hydrogen-bond acceptors (Lipinski definition) is 3. The summed E-state index contributed by atoms with van der Waals surface area (Å²) >= 11 is 0. The molecule has 0 saturated heterocycles. The Morgan fingerprint density at radius 3 is 2.62 bits per heavy atom. The summed E-state index contributed by atoms with van der Waals surface area (Å²) in [5, 5.41) is 3.24. The number of benzene rings is 2. The van der Waals surface area contributed by atoms with Crippen molar-refractivity contribution in [2.24, 2.45) is 0 Å². The molecule has 0 aliphatic carbocycles. The van der Waals surface area contributed by atoms with Crippen LogP contribution in [0, 0.1) is 6.92 Å². The molecule has 2 atom stereocenters. The third-order valence-corrected chi connectivity index (χ3v) is 4.83. The summed E-state index contributed by atoms with van der Waals surface area (Å²) < 4.78 is 17.8. The van der Waals surface area contributed by atoms with Crippen LogP contribution in [0.25, 0.3) is 0 Å². The van der Waals surface area contributed by atoms with Gasteiger partial charge in [0.15, 0.2) is 0 Å². The van der Waals surface area contributed by atoms with Crippen molar-refractivity contribution in [3.63, 3.8) is 0 Å². The van der Waals surface area contributed by atoms with Crippen LogP contribution in [-0.2, 0) is 10.8 Å². The Bertz CT molecular complexity index is 628. The Labute approximate surface area is 128 Å². The second kappa shape index (κ2) is 7.38. The number of ether oxygens (including phenoxy) is 1. The van der Waals surface area contributed by atoms with E-state index >= 15 is 0 Å². The molecule has 4 heteroatoms. The lowest BCUT2D eigenvalue weighted by molar-refractivity contribution is 0.413. The Kier molecular flexibility index (Phi) is 5.53. The van der Waals surface area contributed by atoms with E-state index in [9.17, 15) is 4.21 Å². The Hall–Kier alpha value is -1.65. The fourth-order valence-electron chi connectivity index (χ4n) is 2.21. The highest BCUT2D eigenvalue weighted by Gasteiger charge is 2.15. The highest BCUT2D eigenvalue weighted by Crippen LogP contribution is 2.21. The minimum Gasteiger partial charge on any atom is -0.497 e. The molecular weight excluding hydrogens is 282 g/mol. The Balaban J connectivity index is 2.16. The number of rotatable bonds is 6. The second-order valence-electron chi connectivity index (χ2n) is 4.95. The van der Waals surface area contributed by atoms with E-state index < -0.39 is 10.8 Å². The SMILES string of the molecule is CNC(CS(=O)c1cccc(C)c1)c1cccc(OC)c1. The fourth-order valence-corrected chi connectivity index (χ4v) is 3.61. The molecule has 0 aromatic heterocycles. The highest BCUT2D eigenvalue weighted by atomic mass is 32.2. The molecular formula is C17H21NO2S. The van der Waals surface area contributed by atoms with Crippen molar-refractivity contribution in [2.75, 3.05) is 19.9 Å². The normalized spacial score (nSPS) is 13.7. The maximum Gasteiger partial charge on any atom is 0.119 e. The van der Waals surface area contributed by atoms with E-state index in [1.165, 1.54) is 0 Å². The van der Waals surface area contributed by atoms with Gasteiger partial charge in [-0.05, 0) is 49.4 Å². The van der Waals surface area contributed by atoms with Crippen LogP contribution in [0.15, 0.2) is 53.4 Å². The van der Waals surface area contributed by atoms with E-state index in [2.05, 4.69) is 5.32 Å². The Morgan fingerprint density at radius 2 is 1.95 bits per heavy atom. The number of aryl methyl sites for hydroxylation is 1. The number of nitrogens with one attached hydrogen (secondary N) is 1. The molecule has 0 bridgehead atoms. The molecule has 112 valence electrons. The molecule has 0 aliphatic rings. The molecule has 2 aromatic rings. The molecule has 0 saturated carbocycles. The zero-order valence-electron chi connectivity index (χ0n) is 12.6. The van der Waals surface area contributed by atoms with Crippen LogP contribution < -0.4 is 10.1 Å². The van der Waals surface area contributed by atoms with Crippen LogP contribution in [0.5, 0.6) is 5.75 Å². The van der Waals surface area contributed by atoms with Crippen LogP contribution in [-0.4, -0.2) is 24.1 Å². The molecule has 2 aromatic carbocycles. The lowest BCUT2D eigenvalue weighted by atomic mass is 10.1. The number of methoxy groups -OCH3 is 1. The molecule has 21 heavy (non-hydrogen) atoms. The van der Waals surface area contributed by atoms with Gasteiger partial charge in [-0.25, -0.2) is 0 Å². The summed E-state index contributed by atoms with van der Waals surface area (Å²) in [5.41, 5.74) is 2.21. The summed E-state index contributed by atoms with van der Waals surface area (Å²) in [5.74, 6) is 1.35. The van der Waals surface area contributed by atoms with Gasteiger partial charge in [0, 0.05) is 16.7 Å². The van der Waals surface area contributed by atoms with Gasteiger partial charge >= 0.3 is 0 Å². The molecule has 1 N–H and O–H groups in total. The molecule has 0 spiro atoms. The van der Waals surface area contributed by atoms with Crippen LogP contribution >= 0.6 is 0 Å². The van der Waals surface area contributed by atoms with Crippen LogP contribution in [0.1, 0.15) is 17.2 Å². The van der Waals surface area contributed by atoms with Crippen LogP contribution in [0.2, 0.25) is 0 Å². The highest BCUT2D eigenvalue weighted by molar-refractivity contribution is 7.85. The summed E-state index contributed by atoms with van der Waals surface area (Å²) in [6, 6.07) is 15.8. The van der Waals surface area contributed by atoms with Crippen molar-refractivity contribution in [3.8, 4) is 5.75 Å². The summed E-state index contributed by atoms with van der Waals surface area (Å²) in [6.45, 7) is 2.01. The standard InChI is InChI=1S/C17H21NO2S/c1-13-6-4-9-16(10-13)21(19)12-17(18-2)14-7-5-8-15(11-14)20-3/h4-11,17-18H,12H2,1-3H3.